The summed E-state index contributed by atoms with van der Waals surface area (Å²) in [5.41, 5.74) is 0. The smallest absolute Gasteiger partial charge is 0.0602 e. The fraction of sp³-hybridized carbons (Fsp3) is 1.00. The average Bonchev–Trinajstić information content (AvgIpc) is 2.96. The van der Waals surface area contributed by atoms with Gasteiger partial charge in [-0.2, -0.15) is 0 Å². The van der Waals surface area contributed by atoms with Crippen molar-refractivity contribution in [2.45, 2.75) is 51.0 Å². The second-order valence-corrected chi connectivity index (χ2v) is 6.74. The second-order valence-electron chi connectivity index (χ2n) is 6.74. The summed E-state index contributed by atoms with van der Waals surface area (Å²) in [5, 5.41) is 10.4. The number of hydrogen-bond acceptors (Lipinski definition) is 1. The minimum atomic E-state index is 0.0908. The summed E-state index contributed by atoms with van der Waals surface area (Å²) in [5.74, 6) is 5.31. The van der Waals surface area contributed by atoms with Crippen molar-refractivity contribution >= 4 is 0 Å². The molecule has 0 spiro atoms. The lowest BCUT2D eigenvalue weighted by atomic mass is 9.71. The highest BCUT2D eigenvalue weighted by molar-refractivity contribution is 5.04. The summed E-state index contributed by atoms with van der Waals surface area (Å²) in [4.78, 5) is 0. The van der Waals surface area contributed by atoms with E-state index in [1.54, 1.807) is 0 Å². The van der Waals surface area contributed by atoms with Gasteiger partial charge in [-0.3, -0.25) is 0 Å². The van der Waals surface area contributed by atoms with Gasteiger partial charge in [-0.15, -0.1) is 0 Å². The standard InChI is InChI=1S/C14H22O/c15-14-11-4-3-10(7-11)13(14)12-6-8-1-2-9(12)5-8/h8-15H,1-7H2. The van der Waals surface area contributed by atoms with Crippen molar-refractivity contribution in [2.75, 3.05) is 0 Å². The molecule has 0 aromatic heterocycles. The van der Waals surface area contributed by atoms with Crippen LogP contribution in [0.3, 0.4) is 0 Å². The molecule has 4 fully saturated rings. The average molecular weight is 206 g/mol. The van der Waals surface area contributed by atoms with Crippen LogP contribution in [0.5, 0.6) is 0 Å². The molecule has 4 aliphatic carbocycles. The van der Waals surface area contributed by atoms with Crippen molar-refractivity contribution in [2.24, 2.45) is 35.5 Å². The van der Waals surface area contributed by atoms with Gasteiger partial charge < -0.3 is 5.11 Å². The van der Waals surface area contributed by atoms with Crippen molar-refractivity contribution in [3.05, 3.63) is 0 Å². The van der Waals surface area contributed by atoms with Gasteiger partial charge >= 0.3 is 0 Å². The zero-order chi connectivity index (χ0) is 9.99. The number of rotatable bonds is 1. The van der Waals surface area contributed by atoms with E-state index in [4.69, 9.17) is 0 Å². The van der Waals surface area contributed by atoms with Gasteiger partial charge in [-0.25, -0.2) is 0 Å². The topological polar surface area (TPSA) is 20.2 Å². The SMILES string of the molecule is OC1C2CCC(C2)C1C1CC2CCC1C2. The van der Waals surface area contributed by atoms with Gasteiger partial charge in [0.15, 0.2) is 0 Å². The zero-order valence-corrected chi connectivity index (χ0v) is 9.44. The lowest BCUT2D eigenvalue weighted by Gasteiger charge is -2.36. The Balaban J connectivity index is 1.58. The van der Waals surface area contributed by atoms with Crippen LogP contribution in [-0.2, 0) is 0 Å². The Morgan fingerprint density at radius 3 is 2.13 bits per heavy atom. The van der Waals surface area contributed by atoms with E-state index in [1.807, 2.05) is 0 Å². The first-order valence-electron chi connectivity index (χ1n) is 7.01. The Kier molecular flexibility index (Phi) is 1.81. The molecule has 7 atom stereocenters. The highest BCUT2D eigenvalue weighted by atomic mass is 16.3. The molecule has 0 aromatic rings. The number of hydrogen-bond donors (Lipinski definition) is 1. The third kappa shape index (κ3) is 1.13. The van der Waals surface area contributed by atoms with Crippen LogP contribution in [0, 0.1) is 35.5 Å². The van der Waals surface area contributed by atoms with Crippen molar-refractivity contribution in [1.82, 2.24) is 0 Å². The molecule has 0 aromatic carbocycles. The highest BCUT2D eigenvalue weighted by Gasteiger charge is 2.54. The predicted octanol–water partition coefficient (Wildman–Crippen LogP) is 2.83. The Labute approximate surface area is 92.3 Å². The first-order valence-corrected chi connectivity index (χ1v) is 7.01. The molecule has 84 valence electrons. The molecule has 0 saturated heterocycles. The maximum Gasteiger partial charge on any atom is 0.0602 e. The van der Waals surface area contributed by atoms with Crippen LogP contribution >= 0.6 is 0 Å². The van der Waals surface area contributed by atoms with Gasteiger partial charge in [-0.1, -0.05) is 6.42 Å². The molecule has 0 heterocycles. The Hall–Kier alpha value is -0.0400. The second kappa shape index (κ2) is 3.00. The molecule has 4 bridgehead atoms. The highest BCUT2D eigenvalue weighted by Crippen LogP contribution is 2.59. The zero-order valence-electron chi connectivity index (χ0n) is 9.44. The maximum absolute atomic E-state index is 10.4. The summed E-state index contributed by atoms with van der Waals surface area (Å²) in [6.45, 7) is 0. The number of fused-ring (bicyclic) bond motifs is 4. The third-order valence-electron chi connectivity index (χ3n) is 6.22. The molecule has 4 aliphatic rings. The van der Waals surface area contributed by atoms with Gasteiger partial charge in [0, 0.05) is 0 Å². The van der Waals surface area contributed by atoms with Crippen LogP contribution in [-0.4, -0.2) is 11.2 Å². The van der Waals surface area contributed by atoms with Crippen LogP contribution in [0.4, 0.5) is 0 Å². The van der Waals surface area contributed by atoms with E-state index in [2.05, 4.69) is 0 Å². The third-order valence-corrected chi connectivity index (χ3v) is 6.22. The van der Waals surface area contributed by atoms with E-state index >= 15 is 0 Å². The van der Waals surface area contributed by atoms with Gasteiger partial charge in [0.2, 0.25) is 0 Å². The Morgan fingerprint density at radius 2 is 1.53 bits per heavy atom. The Morgan fingerprint density at radius 1 is 0.733 bits per heavy atom. The molecule has 1 nitrogen and oxygen atoms in total. The van der Waals surface area contributed by atoms with Gasteiger partial charge in [-0.05, 0) is 74.0 Å². The molecular weight excluding hydrogens is 184 g/mol. The van der Waals surface area contributed by atoms with Gasteiger partial charge in [0.05, 0.1) is 6.10 Å². The molecule has 1 heteroatoms. The van der Waals surface area contributed by atoms with Crippen molar-refractivity contribution in [1.29, 1.82) is 0 Å². The van der Waals surface area contributed by atoms with Crippen molar-refractivity contribution in [3.8, 4) is 0 Å². The molecule has 1 N–H and O–H groups in total. The van der Waals surface area contributed by atoms with E-state index in [0.29, 0.717) is 5.92 Å². The van der Waals surface area contributed by atoms with Crippen LogP contribution in [0.25, 0.3) is 0 Å². The van der Waals surface area contributed by atoms with E-state index in [-0.39, 0.29) is 6.10 Å². The molecule has 0 radical (unpaired) electrons. The minimum absolute atomic E-state index is 0.0908. The molecule has 4 saturated carbocycles. The first-order chi connectivity index (χ1) is 7.33. The quantitative estimate of drug-likeness (QED) is 0.699. The van der Waals surface area contributed by atoms with Crippen LogP contribution in [0.1, 0.15) is 44.9 Å². The summed E-state index contributed by atoms with van der Waals surface area (Å²) in [7, 11) is 0. The van der Waals surface area contributed by atoms with E-state index in [0.717, 1.165) is 29.6 Å². The fourth-order valence-corrected chi connectivity index (χ4v) is 5.67. The summed E-state index contributed by atoms with van der Waals surface area (Å²) in [6, 6.07) is 0. The molecule has 15 heavy (non-hydrogen) atoms. The monoisotopic (exact) mass is 206 g/mol. The normalized spacial score (nSPS) is 61.8. The number of aliphatic hydroxyl groups excluding tert-OH is 1. The minimum Gasteiger partial charge on any atom is -0.393 e. The van der Waals surface area contributed by atoms with E-state index in [9.17, 15) is 5.11 Å². The van der Waals surface area contributed by atoms with Crippen molar-refractivity contribution < 1.29 is 5.11 Å². The van der Waals surface area contributed by atoms with Gasteiger partial charge in [0.1, 0.15) is 0 Å². The van der Waals surface area contributed by atoms with Crippen LogP contribution in [0.15, 0.2) is 0 Å². The molecular formula is C14H22O. The van der Waals surface area contributed by atoms with Crippen LogP contribution in [0.2, 0.25) is 0 Å². The lowest BCUT2D eigenvalue weighted by Crippen LogP contribution is -2.35. The molecule has 0 aliphatic heterocycles. The summed E-state index contributed by atoms with van der Waals surface area (Å²) >= 11 is 0. The van der Waals surface area contributed by atoms with Crippen molar-refractivity contribution in [3.63, 3.8) is 0 Å². The first kappa shape index (κ1) is 9.04. The Bertz CT molecular complexity index is 273. The molecule has 0 amide bonds. The molecule has 4 rings (SSSR count). The summed E-state index contributed by atoms with van der Waals surface area (Å²) in [6.07, 6.45) is 10.2. The number of aliphatic hydroxyl groups is 1. The maximum atomic E-state index is 10.4. The van der Waals surface area contributed by atoms with E-state index in [1.165, 1.54) is 44.9 Å². The van der Waals surface area contributed by atoms with Crippen LogP contribution < -0.4 is 0 Å². The molecule has 7 unspecified atom stereocenters. The largest absolute Gasteiger partial charge is 0.393 e. The predicted molar refractivity (Wildman–Crippen MR) is 59.3 cm³/mol. The summed E-state index contributed by atoms with van der Waals surface area (Å²) < 4.78 is 0. The fourth-order valence-electron chi connectivity index (χ4n) is 5.67. The van der Waals surface area contributed by atoms with E-state index < -0.39 is 0 Å². The van der Waals surface area contributed by atoms with Gasteiger partial charge in [0.25, 0.3) is 0 Å². The lowest BCUT2D eigenvalue weighted by molar-refractivity contribution is 0.0119.